The highest BCUT2D eigenvalue weighted by atomic mass is 16.5. The van der Waals surface area contributed by atoms with E-state index in [1.54, 1.807) is 6.08 Å². The number of carbonyl (C=O) groups is 1. The molecule has 0 radical (unpaired) electrons. The summed E-state index contributed by atoms with van der Waals surface area (Å²) in [4.78, 5) is 12.8. The highest BCUT2D eigenvalue weighted by Gasteiger charge is 2.35. The molecule has 1 aliphatic heterocycles. The average Bonchev–Trinajstić information content (AvgIpc) is 2.40. The zero-order valence-electron chi connectivity index (χ0n) is 10.2. The third-order valence-corrected chi connectivity index (χ3v) is 3.14. The van der Waals surface area contributed by atoms with Crippen LogP contribution < -0.4 is 0 Å². The van der Waals surface area contributed by atoms with Gasteiger partial charge in [0.15, 0.2) is 0 Å². The van der Waals surface area contributed by atoms with Gasteiger partial charge in [-0.1, -0.05) is 36.4 Å². The SMILES string of the molecule is C=CCC1OCCN(C(=O)O)C1c1ccccc1. The van der Waals surface area contributed by atoms with Gasteiger partial charge >= 0.3 is 6.09 Å². The Morgan fingerprint density at radius 3 is 2.83 bits per heavy atom. The molecular weight excluding hydrogens is 230 g/mol. The first-order valence-electron chi connectivity index (χ1n) is 6.01. The van der Waals surface area contributed by atoms with Crippen molar-refractivity contribution in [3.05, 3.63) is 48.6 Å². The summed E-state index contributed by atoms with van der Waals surface area (Å²) in [6.45, 7) is 4.55. The van der Waals surface area contributed by atoms with Gasteiger partial charge in [0.1, 0.15) is 0 Å². The lowest BCUT2D eigenvalue weighted by molar-refractivity contribution is -0.0607. The van der Waals surface area contributed by atoms with Crippen molar-refractivity contribution in [2.24, 2.45) is 0 Å². The minimum Gasteiger partial charge on any atom is -0.465 e. The molecule has 0 spiro atoms. The molecule has 2 atom stereocenters. The highest BCUT2D eigenvalue weighted by Crippen LogP contribution is 2.31. The van der Waals surface area contributed by atoms with Crippen molar-refractivity contribution in [2.75, 3.05) is 13.2 Å². The van der Waals surface area contributed by atoms with Crippen LogP contribution in [-0.2, 0) is 4.74 Å². The van der Waals surface area contributed by atoms with Gasteiger partial charge in [-0.2, -0.15) is 0 Å². The van der Waals surface area contributed by atoms with Crippen LogP contribution in [0, 0.1) is 0 Å². The zero-order chi connectivity index (χ0) is 13.0. The molecule has 1 aromatic carbocycles. The van der Waals surface area contributed by atoms with E-state index in [1.165, 1.54) is 4.90 Å². The van der Waals surface area contributed by atoms with Crippen molar-refractivity contribution < 1.29 is 14.6 Å². The minimum atomic E-state index is -0.902. The van der Waals surface area contributed by atoms with E-state index < -0.39 is 6.09 Å². The second-order valence-corrected chi connectivity index (χ2v) is 4.27. The normalized spacial score (nSPS) is 23.7. The Bertz CT molecular complexity index is 418. The fourth-order valence-electron chi connectivity index (χ4n) is 2.35. The van der Waals surface area contributed by atoms with Crippen molar-refractivity contribution in [1.29, 1.82) is 0 Å². The third-order valence-electron chi connectivity index (χ3n) is 3.14. The number of rotatable bonds is 3. The first-order chi connectivity index (χ1) is 8.74. The van der Waals surface area contributed by atoms with E-state index in [1.807, 2.05) is 30.3 Å². The number of nitrogens with zero attached hydrogens (tertiary/aromatic N) is 1. The van der Waals surface area contributed by atoms with Crippen LogP contribution in [0.25, 0.3) is 0 Å². The minimum absolute atomic E-state index is 0.158. The predicted molar refractivity (Wildman–Crippen MR) is 68.5 cm³/mol. The van der Waals surface area contributed by atoms with Crippen molar-refractivity contribution in [2.45, 2.75) is 18.6 Å². The molecule has 0 aliphatic carbocycles. The summed E-state index contributed by atoms with van der Waals surface area (Å²) >= 11 is 0. The summed E-state index contributed by atoms with van der Waals surface area (Å²) in [5, 5.41) is 9.30. The second kappa shape index (κ2) is 5.69. The lowest BCUT2D eigenvalue weighted by atomic mass is 9.96. The molecule has 18 heavy (non-hydrogen) atoms. The molecule has 1 fully saturated rings. The molecule has 0 bridgehead atoms. The van der Waals surface area contributed by atoms with E-state index in [0.29, 0.717) is 19.6 Å². The van der Waals surface area contributed by atoms with Crippen molar-refractivity contribution in [1.82, 2.24) is 4.90 Å². The summed E-state index contributed by atoms with van der Waals surface area (Å²) in [5.41, 5.74) is 0.964. The molecule has 1 amide bonds. The van der Waals surface area contributed by atoms with Gasteiger partial charge < -0.3 is 9.84 Å². The van der Waals surface area contributed by atoms with E-state index >= 15 is 0 Å². The fourth-order valence-corrected chi connectivity index (χ4v) is 2.35. The maximum atomic E-state index is 11.3. The summed E-state index contributed by atoms with van der Waals surface area (Å²) in [5.74, 6) is 0. The van der Waals surface area contributed by atoms with Crippen LogP contribution >= 0.6 is 0 Å². The molecule has 1 N–H and O–H groups in total. The van der Waals surface area contributed by atoms with Crippen molar-refractivity contribution in [3.8, 4) is 0 Å². The molecular formula is C14H17NO3. The lowest BCUT2D eigenvalue weighted by Gasteiger charge is -2.39. The van der Waals surface area contributed by atoms with Crippen LogP contribution in [-0.4, -0.2) is 35.4 Å². The summed E-state index contributed by atoms with van der Waals surface area (Å²) in [7, 11) is 0. The summed E-state index contributed by atoms with van der Waals surface area (Å²) < 4.78 is 5.69. The number of morpholine rings is 1. The maximum absolute atomic E-state index is 11.3. The van der Waals surface area contributed by atoms with Gasteiger partial charge in [-0.25, -0.2) is 4.79 Å². The lowest BCUT2D eigenvalue weighted by Crippen LogP contribution is -2.47. The van der Waals surface area contributed by atoms with Crippen LogP contribution in [0.4, 0.5) is 4.79 Å². The zero-order valence-corrected chi connectivity index (χ0v) is 10.2. The Hall–Kier alpha value is -1.81. The van der Waals surface area contributed by atoms with Crippen molar-refractivity contribution >= 4 is 6.09 Å². The molecule has 0 saturated carbocycles. The number of amides is 1. The largest absolute Gasteiger partial charge is 0.465 e. The Morgan fingerprint density at radius 1 is 1.50 bits per heavy atom. The molecule has 1 aliphatic rings. The van der Waals surface area contributed by atoms with Gasteiger partial charge in [-0.3, -0.25) is 4.90 Å². The van der Waals surface area contributed by atoms with Gasteiger partial charge in [0.2, 0.25) is 0 Å². The standard InChI is InChI=1S/C14H17NO3/c1-2-6-12-13(11-7-4-3-5-8-11)15(14(16)17)9-10-18-12/h2-5,7-8,12-13H,1,6,9-10H2,(H,16,17). The average molecular weight is 247 g/mol. The molecule has 1 aromatic rings. The molecule has 2 rings (SSSR count). The Labute approximate surface area is 106 Å². The van der Waals surface area contributed by atoms with Crippen LogP contribution in [0.15, 0.2) is 43.0 Å². The number of ether oxygens (including phenoxy) is 1. The smallest absolute Gasteiger partial charge is 0.407 e. The molecule has 4 nitrogen and oxygen atoms in total. The highest BCUT2D eigenvalue weighted by molar-refractivity contribution is 5.66. The Balaban J connectivity index is 2.32. The third kappa shape index (κ3) is 2.54. The number of hydrogen-bond acceptors (Lipinski definition) is 2. The first kappa shape index (κ1) is 12.6. The number of hydrogen-bond donors (Lipinski definition) is 1. The predicted octanol–water partition coefficient (Wildman–Crippen LogP) is 2.68. The van der Waals surface area contributed by atoms with Crippen LogP contribution in [0.5, 0.6) is 0 Å². The van der Waals surface area contributed by atoms with Crippen LogP contribution in [0.1, 0.15) is 18.0 Å². The number of benzene rings is 1. The summed E-state index contributed by atoms with van der Waals surface area (Å²) in [6, 6.07) is 9.36. The monoisotopic (exact) mass is 247 g/mol. The molecule has 1 saturated heterocycles. The van der Waals surface area contributed by atoms with E-state index in [4.69, 9.17) is 4.74 Å². The van der Waals surface area contributed by atoms with E-state index in [9.17, 15) is 9.90 Å². The van der Waals surface area contributed by atoms with Gasteiger partial charge in [-0.05, 0) is 12.0 Å². The fraction of sp³-hybridized carbons (Fsp3) is 0.357. The van der Waals surface area contributed by atoms with Crippen LogP contribution in [0.3, 0.4) is 0 Å². The van der Waals surface area contributed by atoms with E-state index in [0.717, 1.165) is 5.56 Å². The van der Waals surface area contributed by atoms with Gasteiger partial charge in [0.05, 0.1) is 18.8 Å². The quantitative estimate of drug-likeness (QED) is 0.835. The second-order valence-electron chi connectivity index (χ2n) is 4.27. The molecule has 2 unspecified atom stereocenters. The van der Waals surface area contributed by atoms with Gasteiger partial charge in [0, 0.05) is 6.54 Å². The molecule has 4 heteroatoms. The topological polar surface area (TPSA) is 49.8 Å². The maximum Gasteiger partial charge on any atom is 0.407 e. The first-order valence-corrected chi connectivity index (χ1v) is 6.01. The summed E-state index contributed by atoms with van der Waals surface area (Å²) in [6.07, 6.45) is 1.35. The Morgan fingerprint density at radius 2 is 2.22 bits per heavy atom. The number of carboxylic acid groups (broad SMARTS) is 1. The Kier molecular flexibility index (Phi) is 3.99. The van der Waals surface area contributed by atoms with Crippen molar-refractivity contribution in [3.63, 3.8) is 0 Å². The molecule has 1 heterocycles. The van der Waals surface area contributed by atoms with Crippen LogP contribution in [0.2, 0.25) is 0 Å². The van der Waals surface area contributed by atoms with E-state index in [-0.39, 0.29) is 12.1 Å². The molecule has 96 valence electrons. The molecule has 0 aromatic heterocycles. The van der Waals surface area contributed by atoms with E-state index in [2.05, 4.69) is 6.58 Å². The van der Waals surface area contributed by atoms with Gasteiger partial charge in [0.25, 0.3) is 0 Å². The van der Waals surface area contributed by atoms with Gasteiger partial charge in [-0.15, -0.1) is 6.58 Å².